The van der Waals surface area contributed by atoms with Gasteiger partial charge in [0, 0.05) is 33.4 Å². The Kier molecular flexibility index (Phi) is 6.91. The van der Waals surface area contributed by atoms with Crippen LogP contribution in [0.3, 0.4) is 0 Å². The molecule has 2 amide bonds. The fraction of sp³-hybridized carbons (Fsp3) is 0.909. The maximum absolute atomic E-state index is 11.5. The zero-order valence-corrected chi connectivity index (χ0v) is 10.7. The maximum Gasteiger partial charge on any atom is 0.315 e. The number of likely N-dealkylation sites (N-methyl/N-ethyl adjacent to an activating group) is 1. The monoisotopic (exact) mass is 245 g/mol. The summed E-state index contributed by atoms with van der Waals surface area (Å²) in [5.41, 5.74) is 0. The number of hydrogen-bond acceptors (Lipinski definition) is 4. The van der Waals surface area contributed by atoms with E-state index in [1.54, 1.807) is 7.11 Å². The van der Waals surface area contributed by atoms with Crippen molar-refractivity contribution in [3.05, 3.63) is 0 Å². The molecule has 1 aliphatic heterocycles. The largest absolute Gasteiger partial charge is 0.383 e. The molecule has 17 heavy (non-hydrogen) atoms. The molecule has 1 saturated heterocycles. The first kappa shape index (κ1) is 14.2. The highest BCUT2D eigenvalue weighted by Gasteiger charge is 2.17. The Balaban J connectivity index is 1.99. The van der Waals surface area contributed by atoms with E-state index in [2.05, 4.69) is 15.5 Å². The van der Waals surface area contributed by atoms with Crippen LogP contribution in [0.4, 0.5) is 4.79 Å². The van der Waals surface area contributed by atoms with Gasteiger partial charge in [-0.2, -0.15) is 0 Å². The van der Waals surface area contributed by atoms with Crippen molar-refractivity contribution in [2.75, 3.05) is 53.6 Å². The second-order valence-electron chi connectivity index (χ2n) is 4.26. The topological polar surface area (TPSA) is 62.8 Å². The molecule has 0 radical (unpaired) electrons. The maximum atomic E-state index is 11.5. The minimum absolute atomic E-state index is 0.111. The van der Waals surface area contributed by atoms with Gasteiger partial charge in [0.15, 0.2) is 0 Å². The first-order chi connectivity index (χ1) is 8.22. The number of nitrogens with zero attached hydrogens (tertiary/aromatic N) is 1. The van der Waals surface area contributed by atoms with Crippen LogP contribution in [-0.2, 0) is 9.47 Å². The van der Waals surface area contributed by atoms with Crippen LogP contribution < -0.4 is 10.6 Å². The first-order valence-corrected chi connectivity index (χ1v) is 6.02. The molecule has 1 rings (SSSR count). The Morgan fingerprint density at radius 3 is 3.00 bits per heavy atom. The molecular formula is C11H23N3O3. The second kappa shape index (κ2) is 8.27. The van der Waals surface area contributed by atoms with Crippen molar-refractivity contribution >= 4 is 6.03 Å². The summed E-state index contributed by atoms with van der Waals surface area (Å²) in [6.07, 6.45) is 0.904. The summed E-state index contributed by atoms with van der Waals surface area (Å²) in [5, 5.41) is 5.71. The van der Waals surface area contributed by atoms with Crippen LogP contribution in [0.1, 0.15) is 6.42 Å². The number of rotatable bonds is 7. The van der Waals surface area contributed by atoms with E-state index in [-0.39, 0.29) is 12.1 Å². The molecule has 2 N–H and O–H groups in total. The van der Waals surface area contributed by atoms with Crippen molar-refractivity contribution in [1.29, 1.82) is 0 Å². The van der Waals surface area contributed by atoms with E-state index in [0.717, 1.165) is 26.1 Å². The van der Waals surface area contributed by atoms with Gasteiger partial charge in [-0.25, -0.2) is 4.79 Å². The summed E-state index contributed by atoms with van der Waals surface area (Å²) in [6, 6.07) is 0.0573. The van der Waals surface area contributed by atoms with Gasteiger partial charge in [0.05, 0.1) is 19.3 Å². The average Bonchev–Trinajstić information content (AvgIpc) is 2.79. The van der Waals surface area contributed by atoms with Gasteiger partial charge in [-0.05, 0) is 13.5 Å². The van der Waals surface area contributed by atoms with Gasteiger partial charge in [0.2, 0.25) is 0 Å². The normalized spacial score (nSPS) is 19.6. The van der Waals surface area contributed by atoms with Gasteiger partial charge in [-0.1, -0.05) is 0 Å². The highest BCUT2D eigenvalue weighted by atomic mass is 16.5. The van der Waals surface area contributed by atoms with E-state index in [4.69, 9.17) is 9.47 Å². The number of carbonyl (C=O) groups is 1. The van der Waals surface area contributed by atoms with Gasteiger partial charge in [0.1, 0.15) is 0 Å². The standard InChI is InChI=1S/C11H23N3O3/c1-14(6-8-16-2)5-4-12-11(15)13-10-3-7-17-9-10/h10H,3-9H2,1-2H3,(H2,12,13,15). The zero-order chi connectivity index (χ0) is 12.5. The Morgan fingerprint density at radius 2 is 2.35 bits per heavy atom. The van der Waals surface area contributed by atoms with Crippen LogP contribution >= 0.6 is 0 Å². The molecule has 0 aromatic heterocycles. The fourth-order valence-corrected chi connectivity index (χ4v) is 1.60. The van der Waals surface area contributed by atoms with E-state index in [1.165, 1.54) is 0 Å². The molecule has 1 atom stereocenters. The van der Waals surface area contributed by atoms with Crippen LogP contribution in [-0.4, -0.2) is 70.6 Å². The van der Waals surface area contributed by atoms with Crippen LogP contribution in [0.5, 0.6) is 0 Å². The molecule has 6 nitrogen and oxygen atoms in total. The lowest BCUT2D eigenvalue weighted by molar-refractivity contribution is 0.161. The summed E-state index contributed by atoms with van der Waals surface area (Å²) in [4.78, 5) is 13.6. The Bertz CT molecular complexity index is 220. The number of urea groups is 1. The van der Waals surface area contributed by atoms with Crippen molar-refractivity contribution in [2.24, 2.45) is 0 Å². The minimum Gasteiger partial charge on any atom is -0.383 e. The average molecular weight is 245 g/mol. The third-order valence-electron chi connectivity index (χ3n) is 2.72. The zero-order valence-electron chi connectivity index (χ0n) is 10.7. The van der Waals surface area contributed by atoms with E-state index < -0.39 is 0 Å². The minimum atomic E-state index is -0.111. The molecule has 0 spiro atoms. The SMILES string of the molecule is COCCN(C)CCNC(=O)NC1CCOC1. The van der Waals surface area contributed by atoms with Crippen molar-refractivity contribution in [1.82, 2.24) is 15.5 Å². The molecule has 6 heteroatoms. The molecule has 0 bridgehead atoms. The summed E-state index contributed by atoms with van der Waals surface area (Å²) >= 11 is 0. The molecule has 1 fully saturated rings. The number of carbonyl (C=O) groups excluding carboxylic acids is 1. The number of methoxy groups -OCH3 is 1. The molecule has 1 heterocycles. The predicted molar refractivity (Wildman–Crippen MR) is 65.1 cm³/mol. The number of hydrogen-bond donors (Lipinski definition) is 2. The third-order valence-corrected chi connectivity index (χ3v) is 2.72. The lowest BCUT2D eigenvalue weighted by Crippen LogP contribution is -2.44. The quantitative estimate of drug-likeness (QED) is 0.644. The second-order valence-corrected chi connectivity index (χ2v) is 4.26. The molecular weight excluding hydrogens is 222 g/mol. The fourth-order valence-electron chi connectivity index (χ4n) is 1.60. The Hall–Kier alpha value is -0.850. The van der Waals surface area contributed by atoms with E-state index >= 15 is 0 Å². The van der Waals surface area contributed by atoms with Gasteiger partial charge >= 0.3 is 6.03 Å². The molecule has 0 aromatic rings. The highest BCUT2D eigenvalue weighted by molar-refractivity contribution is 5.74. The Labute approximate surface area is 103 Å². The number of amides is 2. The lowest BCUT2D eigenvalue weighted by Gasteiger charge is -2.17. The summed E-state index contributed by atoms with van der Waals surface area (Å²) < 4.78 is 10.2. The number of ether oxygens (including phenoxy) is 2. The van der Waals surface area contributed by atoms with Crippen molar-refractivity contribution in [2.45, 2.75) is 12.5 Å². The highest BCUT2D eigenvalue weighted by Crippen LogP contribution is 2.02. The van der Waals surface area contributed by atoms with Gasteiger partial charge in [-0.3, -0.25) is 0 Å². The van der Waals surface area contributed by atoms with E-state index in [9.17, 15) is 4.79 Å². The summed E-state index contributed by atoms with van der Waals surface area (Å²) in [5.74, 6) is 0. The lowest BCUT2D eigenvalue weighted by atomic mass is 10.3. The summed E-state index contributed by atoms with van der Waals surface area (Å²) in [7, 11) is 3.69. The number of nitrogens with one attached hydrogen (secondary N) is 2. The van der Waals surface area contributed by atoms with Crippen LogP contribution in [0.25, 0.3) is 0 Å². The van der Waals surface area contributed by atoms with Crippen LogP contribution in [0, 0.1) is 0 Å². The van der Waals surface area contributed by atoms with Gasteiger partial charge in [0.25, 0.3) is 0 Å². The smallest absolute Gasteiger partial charge is 0.315 e. The predicted octanol–water partition coefficient (Wildman–Crippen LogP) is -0.347. The van der Waals surface area contributed by atoms with E-state index in [0.29, 0.717) is 19.8 Å². The van der Waals surface area contributed by atoms with Crippen molar-refractivity contribution in [3.8, 4) is 0 Å². The molecule has 1 aliphatic rings. The Morgan fingerprint density at radius 1 is 1.53 bits per heavy atom. The van der Waals surface area contributed by atoms with Gasteiger partial charge in [-0.15, -0.1) is 0 Å². The molecule has 1 unspecified atom stereocenters. The molecule has 100 valence electrons. The van der Waals surface area contributed by atoms with Crippen molar-refractivity contribution in [3.63, 3.8) is 0 Å². The molecule has 0 aromatic carbocycles. The molecule has 0 saturated carbocycles. The van der Waals surface area contributed by atoms with Crippen LogP contribution in [0.15, 0.2) is 0 Å². The van der Waals surface area contributed by atoms with Crippen molar-refractivity contribution < 1.29 is 14.3 Å². The molecule has 0 aliphatic carbocycles. The van der Waals surface area contributed by atoms with Gasteiger partial charge < -0.3 is 25.0 Å². The first-order valence-electron chi connectivity index (χ1n) is 6.02. The third kappa shape index (κ3) is 6.45. The van der Waals surface area contributed by atoms with E-state index in [1.807, 2.05) is 7.05 Å². The van der Waals surface area contributed by atoms with Crippen LogP contribution in [0.2, 0.25) is 0 Å². The summed E-state index contributed by atoms with van der Waals surface area (Å²) in [6.45, 7) is 4.40.